The lowest BCUT2D eigenvalue weighted by molar-refractivity contribution is -0.127. The van der Waals surface area contributed by atoms with Gasteiger partial charge in [0.25, 0.3) is 0 Å². The van der Waals surface area contributed by atoms with Gasteiger partial charge in [0.1, 0.15) is 12.6 Å². The van der Waals surface area contributed by atoms with Gasteiger partial charge in [-0.1, -0.05) is 30.3 Å². The van der Waals surface area contributed by atoms with Crippen molar-refractivity contribution in [1.82, 2.24) is 0 Å². The number of hydrogen-bond acceptors (Lipinski definition) is 6. The predicted octanol–water partition coefficient (Wildman–Crippen LogP) is 2.79. The third-order valence-corrected chi connectivity index (χ3v) is 3.62. The van der Waals surface area contributed by atoms with Gasteiger partial charge in [-0.25, -0.2) is 0 Å². The van der Waals surface area contributed by atoms with Gasteiger partial charge in [0.15, 0.2) is 17.3 Å². The highest BCUT2D eigenvalue weighted by Crippen LogP contribution is 2.36. The Morgan fingerprint density at radius 1 is 1.12 bits per heavy atom. The molecule has 6 nitrogen and oxygen atoms in total. The number of phenols is 1. The molecule has 0 fully saturated rings. The van der Waals surface area contributed by atoms with Crippen LogP contribution in [0.3, 0.4) is 0 Å². The Morgan fingerprint density at radius 2 is 1.72 bits per heavy atom. The second kappa shape index (κ2) is 8.84. The first kappa shape index (κ1) is 18.5. The van der Waals surface area contributed by atoms with E-state index in [0.717, 1.165) is 5.56 Å². The van der Waals surface area contributed by atoms with Crippen molar-refractivity contribution in [3.63, 3.8) is 0 Å². The molecule has 0 saturated carbocycles. The van der Waals surface area contributed by atoms with Crippen molar-refractivity contribution >= 4 is 12.0 Å². The van der Waals surface area contributed by atoms with Crippen molar-refractivity contribution in [3.8, 4) is 17.2 Å². The number of ketones is 1. The van der Waals surface area contributed by atoms with E-state index in [-0.39, 0.29) is 29.6 Å². The lowest BCUT2D eigenvalue weighted by atomic mass is 10.1. The second-order valence-corrected chi connectivity index (χ2v) is 5.24. The number of ether oxygens (including phenoxy) is 3. The molecule has 1 N–H and O–H groups in total. The van der Waals surface area contributed by atoms with Crippen LogP contribution < -0.4 is 9.47 Å². The molecule has 1 atom stereocenters. The van der Waals surface area contributed by atoms with Gasteiger partial charge in [-0.15, -0.1) is 0 Å². The van der Waals surface area contributed by atoms with E-state index in [4.69, 9.17) is 14.2 Å². The van der Waals surface area contributed by atoms with Crippen molar-refractivity contribution in [2.75, 3.05) is 27.9 Å². The summed E-state index contributed by atoms with van der Waals surface area (Å²) in [5, 5.41) is 9.89. The molecule has 132 valence electrons. The molecule has 25 heavy (non-hydrogen) atoms. The van der Waals surface area contributed by atoms with Crippen LogP contribution in [-0.2, 0) is 9.53 Å². The molecular weight excluding hydrogens is 322 g/mol. The van der Waals surface area contributed by atoms with Crippen LogP contribution in [0.1, 0.15) is 17.2 Å². The van der Waals surface area contributed by atoms with E-state index in [1.165, 1.54) is 27.5 Å². The number of aromatic hydroxyl groups is 1. The van der Waals surface area contributed by atoms with E-state index in [9.17, 15) is 9.90 Å². The van der Waals surface area contributed by atoms with Gasteiger partial charge in [-0.05, 0) is 23.3 Å². The minimum atomic E-state index is -0.651. The molecule has 0 aliphatic heterocycles. The van der Waals surface area contributed by atoms with Crippen LogP contribution in [0.2, 0.25) is 0 Å². The summed E-state index contributed by atoms with van der Waals surface area (Å²) in [6.45, 7) is -0.0289. The zero-order valence-corrected chi connectivity index (χ0v) is 14.4. The Hall–Kier alpha value is -2.86. The number of nitrogens with zero attached hydrogens (tertiary/aromatic N) is 1. The minimum absolute atomic E-state index is 0.0289. The van der Waals surface area contributed by atoms with Gasteiger partial charge in [0.05, 0.1) is 14.2 Å². The zero-order valence-electron chi connectivity index (χ0n) is 14.4. The summed E-state index contributed by atoms with van der Waals surface area (Å²) < 4.78 is 15.5. The highest BCUT2D eigenvalue weighted by Gasteiger charge is 2.18. The molecule has 0 radical (unpaired) electrons. The van der Waals surface area contributed by atoms with Gasteiger partial charge in [0.2, 0.25) is 5.75 Å². The first-order chi connectivity index (χ1) is 12.1. The Morgan fingerprint density at radius 3 is 2.24 bits per heavy atom. The lowest BCUT2D eigenvalue weighted by Crippen LogP contribution is -2.17. The standard InChI is InChI=1S/C19H21NO5/c1-23-16-9-13(10-17(24-2)18(16)22)11-20-12-15(21)19(25-3)14-7-5-4-6-8-14/h4-11,19,22H,12H2,1-3H3. The van der Waals surface area contributed by atoms with Crippen LogP contribution in [-0.4, -0.2) is 45.0 Å². The molecule has 2 aromatic carbocycles. The molecule has 2 aromatic rings. The summed E-state index contributed by atoms with van der Waals surface area (Å²) >= 11 is 0. The van der Waals surface area contributed by atoms with Gasteiger partial charge in [-0.3, -0.25) is 9.79 Å². The summed E-state index contributed by atoms with van der Waals surface area (Å²) in [7, 11) is 4.39. The SMILES string of the molecule is COc1cc(C=NCC(=O)C(OC)c2ccccc2)cc(OC)c1O. The Balaban J connectivity index is 2.11. The number of benzene rings is 2. The molecule has 0 amide bonds. The zero-order chi connectivity index (χ0) is 18.2. The highest BCUT2D eigenvalue weighted by atomic mass is 16.5. The summed E-state index contributed by atoms with van der Waals surface area (Å²) in [5.41, 5.74) is 1.44. The van der Waals surface area contributed by atoms with Gasteiger partial charge >= 0.3 is 0 Å². The highest BCUT2D eigenvalue weighted by molar-refractivity contribution is 5.89. The number of Topliss-reactive ketones (excluding diaryl/α,β-unsaturated/α-hetero) is 1. The smallest absolute Gasteiger partial charge is 0.200 e. The third-order valence-electron chi connectivity index (χ3n) is 3.62. The molecule has 0 aliphatic rings. The van der Waals surface area contributed by atoms with E-state index in [0.29, 0.717) is 5.56 Å². The van der Waals surface area contributed by atoms with Gasteiger partial charge in [-0.2, -0.15) is 0 Å². The first-order valence-electron chi connectivity index (χ1n) is 7.66. The Labute approximate surface area is 146 Å². The fourth-order valence-electron chi connectivity index (χ4n) is 2.39. The van der Waals surface area contributed by atoms with Gasteiger partial charge < -0.3 is 19.3 Å². The number of phenolic OH excluding ortho intramolecular Hbond substituents is 1. The Kier molecular flexibility index (Phi) is 6.54. The predicted molar refractivity (Wildman–Crippen MR) is 94.9 cm³/mol. The quantitative estimate of drug-likeness (QED) is 0.746. The van der Waals surface area contributed by atoms with Crippen LogP contribution >= 0.6 is 0 Å². The van der Waals surface area contributed by atoms with Crippen LogP contribution in [0.15, 0.2) is 47.5 Å². The van der Waals surface area contributed by atoms with Crippen molar-refractivity contribution in [1.29, 1.82) is 0 Å². The van der Waals surface area contributed by atoms with E-state index < -0.39 is 6.10 Å². The molecule has 0 saturated heterocycles. The summed E-state index contributed by atoms with van der Waals surface area (Å²) in [6, 6.07) is 12.5. The summed E-state index contributed by atoms with van der Waals surface area (Å²) in [5.74, 6) is 0.307. The number of rotatable bonds is 8. The number of aliphatic imine (C=N–C) groups is 1. The summed E-state index contributed by atoms with van der Waals surface area (Å²) in [4.78, 5) is 16.5. The average Bonchev–Trinajstić information content (AvgIpc) is 2.64. The molecule has 0 aliphatic carbocycles. The summed E-state index contributed by atoms with van der Waals surface area (Å²) in [6.07, 6.45) is 0.877. The number of carbonyl (C=O) groups is 1. The fraction of sp³-hybridized carbons (Fsp3) is 0.263. The number of hydrogen-bond donors (Lipinski definition) is 1. The number of methoxy groups -OCH3 is 3. The average molecular weight is 343 g/mol. The minimum Gasteiger partial charge on any atom is -0.502 e. The molecular formula is C19H21NO5. The fourth-order valence-corrected chi connectivity index (χ4v) is 2.39. The maximum absolute atomic E-state index is 12.3. The van der Waals surface area contributed by atoms with Crippen LogP contribution in [0, 0.1) is 0 Å². The van der Waals surface area contributed by atoms with E-state index in [1.807, 2.05) is 30.3 Å². The van der Waals surface area contributed by atoms with Crippen LogP contribution in [0.4, 0.5) is 0 Å². The topological polar surface area (TPSA) is 77.4 Å². The maximum Gasteiger partial charge on any atom is 0.200 e. The lowest BCUT2D eigenvalue weighted by Gasteiger charge is -2.13. The van der Waals surface area contributed by atoms with E-state index in [1.54, 1.807) is 12.1 Å². The molecule has 2 rings (SSSR count). The molecule has 0 bridgehead atoms. The molecule has 0 heterocycles. The van der Waals surface area contributed by atoms with E-state index >= 15 is 0 Å². The van der Waals surface area contributed by atoms with Crippen LogP contribution in [0.25, 0.3) is 0 Å². The van der Waals surface area contributed by atoms with Crippen molar-refractivity contribution < 1.29 is 24.1 Å². The van der Waals surface area contributed by atoms with Crippen molar-refractivity contribution in [2.24, 2.45) is 4.99 Å². The first-order valence-corrected chi connectivity index (χ1v) is 7.66. The largest absolute Gasteiger partial charge is 0.502 e. The monoisotopic (exact) mass is 343 g/mol. The van der Waals surface area contributed by atoms with Crippen LogP contribution in [0.5, 0.6) is 17.2 Å². The molecule has 0 aromatic heterocycles. The maximum atomic E-state index is 12.3. The third kappa shape index (κ3) is 4.58. The number of carbonyl (C=O) groups excluding carboxylic acids is 1. The Bertz CT molecular complexity index is 718. The van der Waals surface area contributed by atoms with Crippen molar-refractivity contribution in [3.05, 3.63) is 53.6 Å². The normalized spacial score (nSPS) is 12.1. The molecule has 6 heteroatoms. The van der Waals surface area contributed by atoms with Gasteiger partial charge in [0, 0.05) is 13.3 Å². The van der Waals surface area contributed by atoms with E-state index in [2.05, 4.69) is 4.99 Å². The molecule has 1 unspecified atom stereocenters. The van der Waals surface area contributed by atoms with Crippen molar-refractivity contribution in [2.45, 2.75) is 6.10 Å². The second-order valence-electron chi connectivity index (χ2n) is 5.24. The molecule has 0 spiro atoms.